The second kappa shape index (κ2) is 8.03. The maximum Gasteiger partial charge on any atom is 0.407 e. The molecule has 138 valence electrons. The summed E-state index contributed by atoms with van der Waals surface area (Å²) < 4.78 is 11.1. The average molecular weight is 341 g/mol. The van der Waals surface area contributed by atoms with E-state index in [9.17, 15) is 15.0 Å². The van der Waals surface area contributed by atoms with Crippen molar-refractivity contribution in [2.24, 2.45) is 11.3 Å². The summed E-state index contributed by atoms with van der Waals surface area (Å²) in [6, 6.07) is 3.10. The van der Waals surface area contributed by atoms with E-state index in [0.717, 1.165) is 0 Å². The van der Waals surface area contributed by atoms with Gasteiger partial charge in [-0.15, -0.1) is 0 Å². The van der Waals surface area contributed by atoms with E-state index in [0.29, 0.717) is 18.9 Å². The molecule has 0 unspecified atom stereocenters. The molecule has 1 rings (SSSR count). The Morgan fingerprint density at radius 1 is 1.33 bits per heavy atom. The van der Waals surface area contributed by atoms with Gasteiger partial charge in [-0.25, -0.2) is 4.79 Å². The normalized spacial score (nSPS) is 15.1. The maximum atomic E-state index is 11.9. The topological polar surface area (TPSA) is 83.1 Å². The van der Waals surface area contributed by atoms with Gasteiger partial charge in [0.1, 0.15) is 5.76 Å². The van der Waals surface area contributed by atoms with Crippen LogP contribution in [0.4, 0.5) is 4.79 Å². The molecule has 24 heavy (non-hydrogen) atoms. The Kier molecular flexibility index (Phi) is 6.86. The van der Waals surface area contributed by atoms with Gasteiger partial charge in [0.05, 0.1) is 31.1 Å². The molecule has 0 aromatic carbocycles. The number of aliphatic hydroxyl groups is 1. The van der Waals surface area contributed by atoms with Gasteiger partial charge in [-0.2, -0.15) is 0 Å². The molecule has 0 bridgehead atoms. The smallest absolute Gasteiger partial charge is 0.407 e. The summed E-state index contributed by atoms with van der Waals surface area (Å²) in [6.45, 7) is 12.2. The fraction of sp³-hybridized carbons (Fsp3) is 0.722. The number of rotatable bonds is 8. The molecule has 1 aromatic heterocycles. The van der Waals surface area contributed by atoms with Gasteiger partial charge in [0.2, 0.25) is 0 Å². The Morgan fingerprint density at radius 3 is 2.38 bits per heavy atom. The Hall–Kier alpha value is -1.53. The largest absolute Gasteiger partial charge is 0.467 e. The minimum Gasteiger partial charge on any atom is -0.467 e. The van der Waals surface area contributed by atoms with Gasteiger partial charge >= 0.3 is 6.09 Å². The van der Waals surface area contributed by atoms with Crippen LogP contribution in [0.5, 0.6) is 0 Å². The third-order valence-electron chi connectivity index (χ3n) is 3.44. The van der Waals surface area contributed by atoms with E-state index in [2.05, 4.69) is 0 Å². The lowest BCUT2D eigenvalue weighted by Gasteiger charge is -2.36. The fourth-order valence-corrected chi connectivity index (χ4v) is 2.58. The van der Waals surface area contributed by atoms with Gasteiger partial charge < -0.3 is 19.4 Å². The van der Waals surface area contributed by atoms with E-state index in [-0.39, 0.29) is 17.9 Å². The van der Waals surface area contributed by atoms with Gasteiger partial charge in [0.25, 0.3) is 0 Å². The predicted molar refractivity (Wildman–Crippen MR) is 91.9 cm³/mol. The number of amides is 1. The standard InChI is InChI=1S/C18H31NO5/c1-13(10-23-12-18(5,6)22)15(14-8-7-9-24-14)19(16(20)21)11-17(2,3)4/h7-9,13,15,22H,10-12H2,1-6H3,(H,20,21)/t13-,15+/m1/s1. The number of carbonyl (C=O) groups is 1. The van der Waals surface area contributed by atoms with Crippen LogP contribution >= 0.6 is 0 Å². The highest BCUT2D eigenvalue weighted by atomic mass is 16.5. The first-order valence-electron chi connectivity index (χ1n) is 8.24. The second-order valence-corrected chi connectivity index (χ2v) is 8.24. The van der Waals surface area contributed by atoms with Crippen LogP contribution in [0, 0.1) is 11.3 Å². The summed E-state index contributed by atoms with van der Waals surface area (Å²) in [4.78, 5) is 13.3. The molecule has 6 nitrogen and oxygen atoms in total. The maximum absolute atomic E-state index is 11.9. The number of hydrogen-bond donors (Lipinski definition) is 2. The highest BCUT2D eigenvalue weighted by molar-refractivity contribution is 5.65. The molecule has 1 aromatic rings. The van der Waals surface area contributed by atoms with Crippen molar-refractivity contribution >= 4 is 6.09 Å². The van der Waals surface area contributed by atoms with Crippen molar-refractivity contribution in [3.05, 3.63) is 24.2 Å². The van der Waals surface area contributed by atoms with Crippen molar-refractivity contribution in [1.82, 2.24) is 4.90 Å². The first-order valence-corrected chi connectivity index (χ1v) is 8.24. The molecule has 0 saturated heterocycles. The molecule has 0 spiro atoms. The number of hydrogen-bond acceptors (Lipinski definition) is 4. The van der Waals surface area contributed by atoms with E-state index in [1.54, 1.807) is 32.2 Å². The monoisotopic (exact) mass is 341 g/mol. The van der Waals surface area contributed by atoms with Crippen LogP contribution in [0.15, 0.2) is 22.8 Å². The second-order valence-electron chi connectivity index (χ2n) is 8.24. The van der Waals surface area contributed by atoms with Crippen molar-refractivity contribution < 1.29 is 24.2 Å². The Bertz CT molecular complexity index is 498. The van der Waals surface area contributed by atoms with Gasteiger partial charge in [-0.1, -0.05) is 27.7 Å². The zero-order valence-electron chi connectivity index (χ0n) is 15.6. The van der Waals surface area contributed by atoms with Crippen LogP contribution in [0.1, 0.15) is 53.3 Å². The van der Waals surface area contributed by atoms with Crippen molar-refractivity contribution in [2.75, 3.05) is 19.8 Å². The molecule has 1 heterocycles. The highest BCUT2D eigenvalue weighted by Crippen LogP contribution is 2.32. The van der Waals surface area contributed by atoms with Gasteiger partial charge in [-0.05, 0) is 31.4 Å². The summed E-state index contributed by atoms with van der Waals surface area (Å²) in [5.41, 5.74) is -1.10. The molecule has 0 aliphatic rings. The number of nitrogens with zero attached hydrogens (tertiary/aromatic N) is 1. The molecular formula is C18H31NO5. The zero-order valence-corrected chi connectivity index (χ0v) is 15.6. The van der Waals surface area contributed by atoms with E-state index >= 15 is 0 Å². The first-order chi connectivity index (χ1) is 10.9. The molecule has 0 aliphatic carbocycles. The SMILES string of the molecule is C[C@H](COCC(C)(C)O)[C@@H](c1ccco1)N(CC(C)(C)C)C(=O)O. The quantitative estimate of drug-likeness (QED) is 0.752. The summed E-state index contributed by atoms with van der Waals surface area (Å²) in [6.07, 6.45) is 0.560. The van der Waals surface area contributed by atoms with Crippen molar-refractivity contribution in [3.63, 3.8) is 0 Å². The average Bonchev–Trinajstić information content (AvgIpc) is 2.88. The summed E-state index contributed by atoms with van der Waals surface area (Å²) in [5, 5.41) is 19.5. The molecular weight excluding hydrogens is 310 g/mol. The third kappa shape index (κ3) is 6.93. The summed E-state index contributed by atoms with van der Waals surface area (Å²) in [5.74, 6) is 0.470. The van der Waals surface area contributed by atoms with E-state index < -0.39 is 17.7 Å². The molecule has 0 saturated carbocycles. The lowest BCUT2D eigenvalue weighted by molar-refractivity contribution is -0.0398. The number of carboxylic acid groups (broad SMARTS) is 1. The minimum atomic E-state index is -0.985. The molecule has 0 aliphatic heterocycles. The van der Waals surface area contributed by atoms with Crippen LogP contribution in [-0.4, -0.2) is 46.6 Å². The molecule has 0 radical (unpaired) electrons. The highest BCUT2D eigenvalue weighted by Gasteiger charge is 2.34. The zero-order chi connectivity index (χ0) is 18.5. The Labute approximate surface area is 144 Å². The van der Waals surface area contributed by atoms with E-state index in [4.69, 9.17) is 9.15 Å². The molecule has 2 N–H and O–H groups in total. The molecule has 0 fully saturated rings. The number of furan rings is 1. The van der Waals surface area contributed by atoms with E-state index in [1.807, 2.05) is 27.7 Å². The Balaban J connectivity index is 2.96. The van der Waals surface area contributed by atoms with Gasteiger partial charge in [0, 0.05) is 12.5 Å². The molecule has 1 amide bonds. The summed E-state index contributed by atoms with van der Waals surface area (Å²) >= 11 is 0. The van der Waals surface area contributed by atoms with Gasteiger partial charge in [0.15, 0.2) is 0 Å². The van der Waals surface area contributed by atoms with Crippen LogP contribution in [0.2, 0.25) is 0 Å². The van der Waals surface area contributed by atoms with Crippen LogP contribution in [-0.2, 0) is 4.74 Å². The first kappa shape index (κ1) is 20.5. The molecule has 6 heteroatoms. The van der Waals surface area contributed by atoms with Crippen LogP contribution < -0.4 is 0 Å². The van der Waals surface area contributed by atoms with Crippen molar-refractivity contribution in [2.45, 2.75) is 53.2 Å². The minimum absolute atomic E-state index is 0.128. The number of ether oxygens (including phenoxy) is 1. The Morgan fingerprint density at radius 2 is 1.96 bits per heavy atom. The fourth-order valence-electron chi connectivity index (χ4n) is 2.58. The van der Waals surface area contributed by atoms with Crippen LogP contribution in [0.25, 0.3) is 0 Å². The lowest BCUT2D eigenvalue weighted by Crippen LogP contribution is -2.43. The lowest BCUT2D eigenvalue weighted by atomic mass is 9.92. The van der Waals surface area contributed by atoms with Crippen LogP contribution in [0.3, 0.4) is 0 Å². The van der Waals surface area contributed by atoms with E-state index in [1.165, 1.54) is 4.90 Å². The third-order valence-corrected chi connectivity index (χ3v) is 3.44. The van der Waals surface area contributed by atoms with Gasteiger partial charge in [-0.3, -0.25) is 4.90 Å². The summed E-state index contributed by atoms with van der Waals surface area (Å²) in [7, 11) is 0. The van der Waals surface area contributed by atoms with Crippen molar-refractivity contribution in [3.8, 4) is 0 Å². The molecule has 2 atom stereocenters. The predicted octanol–water partition coefficient (Wildman–Crippen LogP) is 3.77. The van der Waals surface area contributed by atoms with Crippen molar-refractivity contribution in [1.29, 1.82) is 0 Å².